The second kappa shape index (κ2) is 8.19. The summed E-state index contributed by atoms with van der Waals surface area (Å²) in [6, 6.07) is 14.7. The highest BCUT2D eigenvalue weighted by Crippen LogP contribution is 2.27. The summed E-state index contributed by atoms with van der Waals surface area (Å²) in [5.74, 6) is -0.105. The van der Waals surface area contributed by atoms with Gasteiger partial charge in [-0.2, -0.15) is 0 Å². The lowest BCUT2D eigenvalue weighted by atomic mass is 9.91. The lowest BCUT2D eigenvalue weighted by molar-refractivity contribution is -0.155. The van der Waals surface area contributed by atoms with Crippen molar-refractivity contribution in [2.24, 2.45) is 0 Å². The summed E-state index contributed by atoms with van der Waals surface area (Å²) in [5, 5.41) is 2.31. The van der Waals surface area contributed by atoms with Gasteiger partial charge < -0.3 is 9.47 Å². The third-order valence-corrected chi connectivity index (χ3v) is 5.68. The molecule has 1 saturated heterocycles. The highest BCUT2D eigenvalue weighted by Gasteiger charge is 2.33. The van der Waals surface area contributed by atoms with E-state index in [0.29, 0.717) is 12.5 Å². The minimum absolute atomic E-state index is 0.0179. The maximum absolute atomic E-state index is 12.7. The number of fused-ring (bicyclic) bond motifs is 1. The first kappa shape index (κ1) is 17.5. The number of esters is 1. The topological polar surface area (TPSA) is 38.8 Å². The number of carbonyl (C=O) groups is 1. The van der Waals surface area contributed by atoms with Crippen molar-refractivity contribution < 1.29 is 14.3 Å². The van der Waals surface area contributed by atoms with E-state index in [1.165, 1.54) is 11.8 Å². The summed E-state index contributed by atoms with van der Waals surface area (Å²) in [4.78, 5) is 15.1. The summed E-state index contributed by atoms with van der Waals surface area (Å²) in [7, 11) is 0. The van der Waals surface area contributed by atoms with Crippen molar-refractivity contribution in [3.8, 4) is 0 Å². The van der Waals surface area contributed by atoms with E-state index in [2.05, 4.69) is 23.1 Å². The first-order chi connectivity index (χ1) is 12.8. The molecule has 138 valence electrons. The lowest BCUT2D eigenvalue weighted by Crippen LogP contribution is -2.51. The Morgan fingerprint density at radius 2 is 1.81 bits per heavy atom. The molecule has 0 radical (unpaired) electrons. The molecule has 1 unspecified atom stereocenters. The van der Waals surface area contributed by atoms with E-state index in [1.54, 1.807) is 0 Å². The van der Waals surface area contributed by atoms with Gasteiger partial charge in [-0.1, -0.05) is 48.9 Å². The van der Waals surface area contributed by atoms with E-state index in [1.807, 2.05) is 24.3 Å². The Labute approximate surface area is 155 Å². The van der Waals surface area contributed by atoms with Crippen LogP contribution in [0.2, 0.25) is 0 Å². The molecule has 26 heavy (non-hydrogen) atoms. The first-order valence-corrected chi connectivity index (χ1v) is 9.79. The molecule has 1 aliphatic carbocycles. The Morgan fingerprint density at radius 1 is 1.04 bits per heavy atom. The van der Waals surface area contributed by atoms with Gasteiger partial charge in [0, 0.05) is 19.1 Å². The Morgan fingerprint density at radius 3 is 2.69 bits per heavy atom. The van der Waals surface area contributed by atoms with Crippen LogP contribution in [0.25, 0.3) is 10.8 Å². The number of nitrogens with zero attached hydrogens (tertiary/aromatic N) is 1. The number of ether oxygens (including phenoxy) is 2. The van der Waals surface area contributed by atoms with Crippen LogP contribution in [0.1, 0.15) is 31.2 Å². The van der Waals surface area contributed by atoms with Gasteiger partial charge in [0.15, 0.2) is 0 Å². The summed E-state index contributed by atoms with van der Waals surface area (Å²) < 4.78 is 11.5. The summed E-state index contributed by atoms with van der Waals surface area (Å²) >= 11 is 0. The van der Waals surface area contributed by atoms with E-state index in [4.69, 9.17) is 9.47 Å². The van der Waals surface area contributed by atoms with Crippen molar-refractivity contribution in [1.82, 2.24) is 4.90 Å². The Kier molecular flexibility index (Phi) is 5.51. The minimum atomic E-state index is -0.105. The van der Waals surface area contributed by atoms with Crippen LogP contribution in [0.5, 0.6) is 0 Å². The SMILES string of the molecule is O=C(Cc1cccc2ccccc12)OC1CCCC[C@@H]1N1CCOCC1. The largest absolute Gasteiger partial charge is 0.460 e. The van der Waals surface area contributed by atoms with Crippen LogP contribution in [-0.2, 0) is 20.7 Å². The van der Waals surface area contributed by atoms with Crippen molar-refractivity contribution in [2.75, 3.05) is 26.3 Å². The molecular weight excluding hydrogens is 326 g/mol. The van der Waals surface area contributed by atoms with Crippen LogP contribution in [0, 0.1) is 0 Å². The van der Waals surface area contributed by atoms with Crippen molar-refractivity contribution in [2.45, 2.75) is 44.2 Å². The highest BCUT2D eigenvalue weighted by atomic mass is 16.5. The fourth-order valence-corrected chi connectivity index (χ4v) is 4.35. The number of hydrogen-bond acceptors (Lipinski definition) is 4. The molecule has 2 aromatic carbocycles. The molecule has 4 nitrogen and oxygen atoms in total. The molecule has 1 aliphatic heterocycles. The van der Waals surface area contributed by atoms with Crippen molar-refractivity contribution in [3.05, 3.63) is 48.0 Å². The first-order valence-electron chi connectivity index (χ1n) is 9.79. The molecule has 2 fully saturated rings. The van der Waals surface area contributed by atoms with Crippen LogP contribution in [-0.4, -0.2) is 49.3 Å². The van der Waals surface area contributed by atoms with Gasteiger partial charge in [0.1, 0.15) is 6.10 Å². The third-order valence-electron chi connectivity index (χ3n) is 5.68. The molecule has 0 amide bonds. The van der Waals surface area contributed by atoms with Crippen LogP contribution >= 0.6 is 0 Å². The smallest absolute Gasteiger partial charge is 0.310 e. The fraction of sp³-hybridized carbons (Fsp3) is 0.500. The van der Waals surface area contributed by atoms with Gasteiger partial charge in [0.25, 0.3) is 0 Å². The Hall–Kier alpha value is -1.91. The summed E-state index contributed by atoms with van der Waals surface area (Å²) in [6.45, 7) is 3.46. The summed E-state index contributed by atoms with van der Waals surface area (Å²) in [5.41, 5.74) is 1.05. The van der Waals surface area contributed by atoms with Crippen LogP contribution in [0.3, 0.4) is 0 Å². The van der Waals surface area contributed by atoms with Crippen molar-refractivity contribution in [1.29, 1.82) is 0 Å². The van der Waals surface area contributed by atoms with Gasteiger partial charge in [-0.3, -0.25) is 9.69 Å². The maximum Gasteiger partial charge on any atom is 0.310 e. The van der Waals surface area contributed by atoms with E-state index < -0.39 is 0 Å². The average molecular weight is 353 g/mol. The Bertz CT molecular complexity index is 749. The molecule has 1 heterocycles. The second-order valence-corrected chi connectivity index (χ2v) is 7.34. The van der Waals surface area contributed by atoms with Gasteiger partial charge in [-0.05, 0) is 35.6 Å². The summed E-state index contributed by atoms with van der Waals surface area (Å²) in [6.07, 6.45) is 4.82. The van der Waals surface area contributed by atoms with Crippen LogP contribution < -0.4 is 0 Å². The van der Waals surface area contributed by atoms with E-state index in [0.717, 1.165) is 56.5 Å². The van der Waals surface area contributed by atoms with Gasteiger partial charge in [-0.25, -0.2) is 0 Å². The second-order valence-electron chi connectivity index (χ2n) is 7.34. The molecule has 0 spiro atoms. The molecule has 0 bridgehead atoms. The molecule has 4 rings (SSSR count). The molecule has 1 saturated carbocycles. The molecule has 2 atom stereocenters. The quantitative estimate of drug-likeness (QED) is 0.788. The van der Waals surface area contributed by atoms with Crippen LogP contribution in [0.4, 0.5) is 0 Å². The van der Waals surface area contributed by atoms with E-state index in [9.17, 15) is 4.79 Å². The number of hydrogen-bond donors (Lipinski definition) is 0. The zero-order chi connectivity index (χ0) is 17.8. The normalized spacial score (nSPS) is 24.5. The van der Waals surface area contributed by atoms with Crippen LogP contribution in [0.15, 0.2) is 42.5 Å². The highest BCUT2D eigenvalue weighted by molar-refractivity contribution is 5.89. The monoisotopic (exact) mass is 353 g/mol. The van der Waals surface area contributed by atoms with Crippen molar-refractivity contribution >= 4 is 16.7 Å². The Balaban J connectivity index is 1.44. The maximum atomic E-state index is 12.7. The minimum Gasteiger partial charge on any atom is -0.460 e. The molecule has 2 aliphatic rings. The molecule has 0 aromatic heterocycles. The predicted octanol–water partition coefficient (Wildman–Crippen LogP) is 3.57. The van der Waals surface area contributed by atoms with Gasteiger partial charge >= 0.3 is 5.97 Å². The standard InChI is InChI=1S/C22H27NO3/c24-22(16-18-8-5-7-17-6-1-2-9-19(17)18)26-21-11-4-3-10-20(21)23-12-14-25-15-13-23/h1-2,5-9,20-21H,3-4,10-16H2/t20-,21?/m0/s1. The molecule has 2 aromatic rings. The zero-order valence-electron chi connectivity index (χ0n) is 15.2. The van der Waals surface area contributed by atoms with Gasteiger partial charge in [-0.15, -0.1) is 0 Å². The van der Waals surface area contributed by atoms with Gasteiger partial charge in [0.2, 0.25) is 0 Å². The third kappa shape index (κ3) is 3.92. The number of benzene rings is 2. The number of rotatable bonds is 4. The van der Waals surface area contributed by atoms with Gasteiger partial charge in [0.05, 0.1) is 19.6 Å². The van der Waals surface area contributed by atoms with E-state index >= 15 is 0 Å². The number of carbonyl (C=O) groups excluding carboxylic acids is 1. The fourth-order valence-electron chi connectivity index (χ4n) is 4.35. The van der Waals surface area contributed by atoms with E-state index in [-0.39, 0.29) is 12.1 Å². The predicted molar refractivity (Wildman–Crippen MR) is 102 cm³/mol. The zero-order valence-corrected chi connectivity index (χ0v) is 15.2. The molecular formula is C22H27NO3. The van der Waals surface area contributed by atoms with Crippen molar-refractivity contribution in [3.63, 3.8) is 0 Å². The lowest BCUT2D eigenvalue weighted by Gasteiger charge is -2.41. The molecule has 4 heteroatoms. The molecule has 0 N–H and O–H groups in total. The average Bonchev–Trinajstić information content (AvgIpc) is 2.69. The number of morpholine rings is 1.